The highest BCUT2D eigenvalue weighted by molar-refractivity contribution is 5.88. The van der Waals surface area contributed by atoms with Crippen molar-refractivity contribution in [2.75, 3.05) is 21.3 Å². The van der Waals surface area contributed by atoms with Crippen LogP contribution in [0.2, 0.25) is 0 Å². The molecule has 0 aromatic heterocycles. The van der Waals surface area contributed by atoms with E-state index in [-0.39, 0.29) is 23.0 Å². The lowest BCUT2D eigenvalue weighted by Crippen LogP contribution is -2.18. The minimum atomic E-state index is -0.726. The number of hydrogen-bond donors (Lipinski definition) is 5. The van der Waals surface area contributed by atoms with Gasteiger partial charge in [0.25, 0.3) is 0 Å². The Bertz CT molecular complexity index is 2490. The van der Waals surface area contributed by atoms with Crippen LogP contribution in [-0.2, 0) is 12.8 Å². The minimum absolute atomic E-state index is 0.00507. The molecule has 7 rings (SSSR count). The van der Waals surface area contributed by atoms with Crippen LogP contribution in [-0.4, -0.2) is 29.5 Å². The molecular formula is C49H40N4O9. The zero-order valence-corrected chi connectivity index (χ0v) is 33.3. The van der Waals surface area contributed by atoms with Crippen LogP contribution < -0.4 is 40.2 Å². The molecule has 0 spiro atoms. The van der Waals surface area contributed by atoms with Gasteiger partial charge in [0.15, 0.2) is 0 Å². The van der Waals surface area contributed by atoms with Crippen molar-refractivity contribution in [2.24, 2.45) is 0 Å². The Morgan fingerprint density at radius 1 is 0.387 bits per heavy atom. The van der Waals surface area contributed by atoms with Gasteiger partial charge in [-0.05, 0) is 133 Å². The van der Waals surface area contributed by atoms with Gasteiger partial charge < -0.3 is 24.1 Å². The second-order valence-corrected chi connectivity index (χ2v) is 14.0. The molecule has 0 aliphatic carbocycles. The van der Waals surface area contributed by atoms with E-state index in [4.69, 9.17) is 18.9 Å². The molecular weight excluding hydrogens is 789 g/mol. The molecule has 0 radical (unpaired) electrons. The van der Waals surface area contributed by atoms with Crippen molar-refractivity contribution in [3.05, 3.63) is 198 Å². The fourth-order valence-electron chi connectivity index (χ4n) is 6.12. The summed E-state index contributed by atoms with van der Waals surface area (Å²) in [7, 11) is 0. The van der Waals surface area contributed by atoms with E-state index in [1.54, 1.807) is 91.0 Å². The molecule has 62 heavy (non-hydrogen) atoms. The first kappa shape index (κ1) is 41.6. The predicted octanol–water partition coefficient (Wildman–Crippen LogP) is 11.3. The Kier molecular flexibility index (Phi) is 13.4. The van der Waals surface area contributed by atoms with Gasteiger partial charge in [0.1, 0.15) is 28.7 Å². The Morgan fingerprint density at radius 3 is 1.00 bits per heavy atom. The number of ether oxygens (including phenoxy) is 4. The number of phenols is 1. The first-order chi connectivity index (χ1) is 30.1. The number of carbonyl (C=O) groups excluding carboxylic acids is 4. The molecule has 13 heteroatoms. The van der Waals surface area contributed by atoms with Crippen molar-refractivity contribution in [2.45, 2.75) is 19.8 Å². The topological polar surface area (TPSA) is 174 Å². The van der Waals surface area contributed by atoms with Crippen LogP contribution >= 0.6 is 0 Å². The van der Waals surface area contributed by atoms with Crippen molar-refractivity contribution >= 4 is 47.1 Å². The number of hydrogen-bond acceptors (Lipinski definition) is 9. The molecule has 7 aromatic carbocycles. The van der Waals surface area contributed by atoms with Gasteiger partial charge in [0.05, 0.1) is 0 Å². The van der Waals surface area contributed by atoms with Gasteiger partial charge >= 0.3 is 24.4 Å². The fraction of sp³-hybridized carbons (Fsp3) is 0.0612. The summed E-state index contributed by atoms with van der Waals surface area (Å²) in [6.45, 7) is 1.92. The van der Waals surface area contributed by atoms with Gasteiger partial charge in [0.2, 0.25) is 0 Å². The number of aryl methyl sites for hydroxylation is 1. The smallest absolute Gasteiger partial charge is 0.417 e. The predicted molar refractivity (Wildman–Crippen MR) is 236 cm³/mol. The van der Waals surface area contributed by atoms with Crippen LogP contribution in [0.1, 0.15) is 27.8 Å². The number of carbonyl (C=O) groups is 4. The molecule has 0 saturated heterocycles. The first-order valence-corrected chi connectivity index (χ1v) is 19.3. The Morgan fingerprint density at radius 2 is 0.677 bits per heavy atom. The maximum absolute atomic E-state index is 12.7. The minimum Gasteiger partial charge on any atom is -0.508 e. The van der Waals surface area contributed by atoms with E-state index >= 15 is 0 Å². The third kappa shape index (κ3) is 12.7. The zero-order valence-electron chi connectivity index (χ0n) is 33.3. The lowest BCUT2D eigenvalue weighted by Gasteiger charge is -2.10. The normalized spacial score (nSPS) is 10.5. The molecule has 0 saturated carbocycles. The Balaban J connectivity index is 0.820. The van der Waals surface area contributed by atoms with Crippen molar-refractivity contribution in [1.82, 2.24) is 0 Å². The van der Waals surface area contributed by atoms with Gasteiger partial charge in [-0.25, -0.2) is 19.2 Å². The summed E-state index contributed by atoms with van der Waals surface area (Å²) < 4.78 is 21.4. The third-order valence-corrected chi connectivity index (χ3v) is 9.07. The lowest BCUT2D eigenvalue weighted by atomic mass is 10.0. The molecule has 13 nitrogen and oxygen atoms in total. The third-order valence-electron chi connectivity index (χ3n) is 9.07. The van der Waals surface area contributed by atoms with Gasteiger partial charge in [0, 0.05) is 34.9 Å². The average molecular weight is 829 g/mol. The van der Waals surface area contributed by atoms with Crippen molar-refractivity contribution in [1.29, 1.82) is 0 Å². The quantitative estimate of drug-likeness (QED) is 0.0803. The summed E-state index contributed by atoms with van der Waals surface area (Å²) in [6, 6.07) is 48.7. The summed E-state index contributed by atoms with van der Waals surface area (Å²) in [4.78, 5) is 49.9. The van der Waals surface area contributed by atoms with Crippen molar-refractivity contribution < 1.29 is 43.2 Å². The van der Waals surface area contributed by atoms with Gasteiger partial charge in [-0.2, -0.15) is 0 Å². The van der Waals surface area contributed by atoms with Crippen molar-refractivity contribution in [3.63, 3.8) is 0 Å². The maximum atomic E-state index is 12.7. The largest absolute Gasteiger partial charge is 0.508 e. The second kappa shape index (κ2) is 19.9. The van der Waals surface area contributed by atoms with E-state index in [0.717, 1.165) is 27.8 Å². The molecule has 5 N–H and O–H groups in total. The molecule has 0 bridgehead atoms. The van der Waals surface area contributed by atoms with Gasteiger partial charge in [-0.1, -0.05) is 72.8 Å². The molecule has 0 fully saturated rings. The SMILES string of the molecule is Cc1cccc(OC(=O)Nc2ccc(Cc3ccc(NC(=O)Oc4cccc(OC(=O)Nc5ccc(Cc6ccc(NC(=O)Oc7cccc(O)c7)cc6)cc5)c4)cc3)cc2)c1. The van der Waals surface area contributed by atoms with E-state index in [1.807, 2.05) is 67.6 Å². The maximum Gasteiger partial charge on any atom is 0.417 e. The lowest BCUT2D eigenvalue weighted by molar-refractivity contribution is 0.212. The van der Waals surface area contributed by atoms with Crippen LogP contribution in [0.4, 0.5) is 41.9 Å². The second-order valence-electron chi connectivity index (χ2n) is 14.0. The Hall–Kier alpha value is -8.58. The molecule has 0 aliphatic rings. The fourth-order valence-corrected chi connectivity index (χ4v) is 6.12. The number of rotatable bonds is 12. The van der Waals surface area contributed by atoms with Crippen LogP contribution in [0, 0.1) is 6.92 Å². The number of nitrogens with one attached hydrogen (secondary N) is 4. The number of anilines is 4. The van der Waals surface area contributed by atoms with E-state index in [1.165, 1.54) is 18.2 Å². The van der Waals surface area contributed by atoms with Gasteiger partial charge in [-0.15, -0.1) is 0 Å². The molecule has 0 unspecified atom stereocenters. The van der Waals surface area contributed by atoms with Crippen LogP contribution in [0.25, 0.3) is 0 Å². The van der Waals surface area contributed by atoms with Crippen LogP contribution in [0.5, 0.6) is 28.7 Å². The monoisotopic (exact) mass is 828 g/mol. The Labute approximate surface area is 356 Å². The molecule has 0 heterocycles. The number of aromatic hydroxyl groups is 1. The molecule has 4 amide bonds. The number of amides is 4. The summed E-state index contributed by atoms with van der Waals surface area (Å²) in [5.41, 5.74) is 7.21. The molecule has 0 aliphatic heterocycles. The highest BCUT2D eigenvalue weighted by atomic mass is 16.6. The molecule has 310 valence electrons. The summed E-state index contributed by atoms with van der Waals surface area (Å²) in [5, 5.41) is 20.3. The molecule has 0 atom stereocenters. The summed E-state index contributed by atoms with van der Waals surface area (Å²) in [5.74, 6) is 1.03. The number of benzene rings is 7. The standard InChI is InChI=1S/C49H40N4O9/c1-32-5-2-7-42(27-32)59-46(55)50-37-19-11-33(12-20-37)28-35-15-23-39(24-16-35)52-48(57)61-44-9-4-10-45(31-44)62-49(58)53-40-25-17-36(18-26-40)29-34-13-21-38(22-14-34)51-47(56)60-43-8-3-6-41(54)30-43/h2-27,30-31,54H,28-29H2,1H3,(H,50,55)(H,51,56)(H,52,57)(H,53,58). The molecule has 7 aromatic rings. The van der Waals surface area contributed by atoms with Crippen molar-refractivity contribution in [3.8, 4) is 28.7 Å². The average Bonchev–Trinajstić information content (AvgIpc) is 3.24. The number of phenolic OH excluding ortho intramolecular Hbond substituents is 1. The summed E-state index contributed by atoms with van der Waals surface area (Å²) >= 11 is 0. The van der Waals surface area contributed by atoms with E-state index in [0.29, 0.717) is 41.3 Å². The van der Waals surface area contributed by atoms with E-state index in [9.17, 15) is 24.3 Å². The van der Waals surface area contributed by atoms with Crippen LogP contribution in [0.3, 0.4) is 0 Å². The first-order valence-electron chi connectivity index (χ1n) is 19.3. The van der Waals surface area contributed by atoms with Gasteiger partial charge in [-0.3, -0.25) is 21.3 Å². The summed E-state index contributed by atoms with van der Waals surface area (Å²) in [6.07, 6.45) is -1.46. The van der Waals surface area contributed by atoms with E-state index < -0.39 is 24.4 Å². The van der Waals surface area contributed by atoms with Crippen LogP contribution in [0.15, 0.2) is 170 Å². The highest BCUT2D eigenvalue weighted by Gasteiger charge is 2.12. The van der Waals surface area contributed by atoms with E-state index in [2.05, 4.69) is 21.3 Å². The highest BCUT2D eigenvalue weighted by Crippen LogP contribution is 2.23. The zero-order chi connectivity index (χ0) is 43.3.